The highest BCUT2D eigenvalue weighted by Gasteiger charge is 2.63. The van der Waals surface area contributed by atoms with Crippen molar-refractivity contribution in [2.45, 2.75) is 71.4 Å². The average molecular weight is 479 g/mol. The second-order valence-corrected chi connectivity index (χ2v) is 12.4. The quantitative estimate of drug-likeness (QED) is 0.491. The fourth-order valence-electron chi connectivity index (χ4n) is 7.01. The molecular formula is C28H34N2O5. The lowest BCUT2D eigenvalue weighted by atomic mass is 9.57. The van der Waals surface area contributed by atoms with E-state index in [0.717, 1.165) is 5.57 Å². The smallest absolute Gasteiger partial charge is 0.234 e. The van der Waals surface area contributed by atoms with Crippen LogP contribution in [0.4, 0.5) is 0 Å². The molecule has 0 radical (unpaired) electrons. The monoisotopic (exact) mass is 478 g/mol. The van der Waals surface area contributed by atoms with Crippen molar-refractivity contribution in [2.24, 2.45) is 29.6 Å². The molecule has 6 atom stereocenters. The molecule has 0 spiro atoms. The number of phenolic OH excluding ortho intramolecular Hbond substituents is 1. The predicted molar refractivity (Wildman–Crippen MR) is 129 cm³/mol. The van der Waals surface area contributed by atoms with Gasteiger partial charge >= 0.3 is 0 Å². The maximum absolute atomic E-state index is 13.8. The van der Waals surface area contributed by atoms with Gasteiger partial charge in [0.2, 0.25) is 23.6 Å². The molecule has 0 bridgehead atoms. The van der Waals surface area contributed by atoms with Gasteiger partial charge in [0.15, 0.2) is 0 Å². The van der Waals surface area contributed by atoms with Crippen molar-refractivity contribution in [3.8, 4) is 5.75 Å². The molecule has 4 amide bonds. The first-order valence-electron chi connectivity index (χ1n) is 12.5. The van der Waals surface area contributed by atoms with Crippen LogP contribution in [0.5, 0.6) is 5.75 Å². The van der Waals surface area contributed by atoms with E-state index in [0.29, 0.717) is 18.4 Å². The number of rotatable bonds is 1. The highest BCUT2D eigenvalue weighted by Crippen LogP contribution is 2.59. The highest BCUT2D eigenvalue weighted by molar-refractivity contribution is 6.08. The number of imide groups is 2. The van der Waals surface area contributed by atoms with Crippen LogP contribution in [-0.2, 0) is 19.2 Å². The fraction of sp³-hybridized carbons (Fsp3) is 0.571. The van der Waals surface area contributed by atoms with Gasteiger partial charge in [0.1, 0.15) is 5.75 Å². The van der Waals surface area contributed by atoms with Crippen molar-refractivity contribution >= 4 is 23.6 Å². The molecule has 1 N–H and O–H groups in total. The van der Waals surface area contributed by atoms with Crippen LogP contribution in [0.15, 0.2) is 35.9 Å². The van der Waals surface area contributed by atoms with Crippen LogP contribution in [0.25, 0.3) is 0 Å². The summed E-state index contributed by atoms with van der Waals surface area (Å²) in [5.74, 6) is -3.83. The van der Waals surface area contributed by atoms with E-state index in [9.17, 15) is 24.3 Å². The van der Waals surface area contributed by atoms with Crippen molar-refractivity contribution in [1.82, 2.24) is 9.80 Å². The molecule has 4 aliphatic rings. The number of allylic oxidation sites excluding steroid dienone is 2. The van der Waals surface area contributed by atoms with Gasteiger partial charge in [-0.25, -0.2) is 0 Å². The molecule has 5 rings (SSSR count). The van der Waals surface area contributed by atoms with Gasteiger partial charge in [-0.15, -0.1) is 0 Å². The first-order valence-corrected chi connectivity index (χ1v) is 12.5. The maximum atomic E-state index is 13.8. The van der Waals surface area contributed by atoms with Crippen molar-refractivity contribution in [2.75, 3.05) is 0 Å². The summed E-state index contributed by atoms with van der Waals surface area (Å²) < 4.78 is 0. The van der Waals surface area contributed by atoms with Gasteiger partial charge in [-0.1, -0.05) is 29.8 Å². The molecule has 35 heavy (non-hydrogen) atoms. The van der Waals surface area contributed by atoms with Gasteiger partial charge < -0.3 is 5.11 Å². The van der Waals surface area contributed by atoms with Crippen molar-refractivity contribution in [3.05, 3.63) is 41.5 Å². The van der Waals surface area contributed by atoms with Crippen LogP contribution in [-0.4, -0.2) is 49.6 Å². The molecule has 1 aromatic rings. The SMILES string of the molecule is CC(C)(C)N1C(=O)C2CC=C3C(CC4C(=O)N(C(C)(C)C)C(=O)C4C3c3ccccc3O)C2C1=O. The number of carbonyl (C=O) groups excluding carboxylic acids is 4. The summed E-state index contributed by atoms with van der Waals surface area (Å²) in [4.78, 5) is 57.2. The average Bonchev–Trinajstić information content (AvgIpc) is 3.16. The van der Waals surface area contributed by atoms with E-state index in [1.807, 2.05) is 53.7 Å². The standard InChI is InChI=1S/C28H34N2O5/c1-27(2,3)29-23(32)16-12-11-14-17(21(16)25(29)34)13-18-22(20(14)15-9-7-8-10-19(15)31)26(35)30(24(18)33)28(4,5)6/h7-11,16-18,20-22,31H,12-13H2,1-6H3. The molecule has 186 valence electrons. The van der Waals surface area contributed by atoms with Gasteiger partial charge in [0, 0.05) is 22.6 Å². The zero-order chi connectivity index (χ0) is 25.6. The van der Waals surface area contributed by atoms with Crippen molar-refractivity contribution in [3.63, 3.8) is 0 Å². The number of likely N-dealkylation sites (tertiary alicyclic amines) is 2. The minimum absolute atomic E-state index is 0.0690. The first kappa shape index (κ1) is 23.8. The Morgan fingerprint density at radius 1 is 0.743 bits per heavy atom. The van der Waals surface area contributed by atoms with E-state index in [2.05, 4.69) is 0 Å². The largest absolute Gasteiger partial charge is 0.508 e. The van der Waals surface area contributed by atoms with Gasteiger partial charge in [-0.3, -0.25) is 29.0 Å². The summed E-state index contributed by atoms with van der Waals surface area (Å²) in [5.41, 5.74) is 0.183. The van der Waals surface area contributed by atoms with Crippen LogP contribution in [0.1, 0.15) is 65.9 Å². The summed E-state index contributed by atoms with van der Waals surface area (Å²) in [7, 11) is 0. The lowest BCUT2D eigenvalue weighted by Crippen LogP contribution is -2.47. The molecule has 3 fully saturated rings. The number of carbonyl (C=O) groups is 4. The van der Waals surface area contributed by atoms with Gasteiger partial charge in [-0.2, -0.15) is 0 Å². The van der Waals surface area contributed by atoms with Gasteiger partial charge in [-0.05, 0) is 66.4 Å². The Bertz CT molecular complexity index is 1170. The second kappa shape index (κ2) is 7.52. The Hall–Kier alpha value is -2.96. The molecular weight excluding hydrogens is 444 g/mol. The van der Waals surface area contributed by atoms with Crippen LogP contribution in [0.2, 0.25) is 0 Å². The maximum Gasteiger partial charge on any atom is 0.234 e. The number of aromatic hydroxyl groups is 1. The molecule has 2 heterocycles. The number of hydrogen-bond acceptors (Lipinski definition) is 5. The number of para-hydroxylation sites is 1. The zero-order valence-corrected chi connectivity index (χ0v) is 21.2. The third-order valence-electron chi connectivity index (χ3n) is 8.26. The molecule has 2 aliphatic carbocycles. The minimum atomic E-state index is -0.681. The normalized spacial score (nSPS) is 33.0. The van der Waals surface area contributed by atoms with E-state index < -0.39 is 40.7 Å². The molecule has 7 heteroatoms. The van der Waals surface area contributed by atoms with E-state index in [-0.39, 0.29) is 35.3 Å². The lowest BCUT2D eigenvalue weighted by molar-refractivity contribution is -0.147. The van der Waals surface area contributed by atoms with Gasteiger partial charge in [0.05, 0.1) is 23.7 Å². The predicted octanol–water partition coefficient (Wildman–Crippen LogP) is 3.63. The third kappa shape index (κ3) is 3.30. The summed E-state index contributed by atoms with van der Waals surface area (Å²) in [6.07, 6.45) is 2.78. The molecule has 6 unspecified atom stereocenters. The summed E-state index contributed by atoms with van der Waals surface area (Å²) >= 11 is 0. The topological polar surface area (TPSA) is 95.0 Å². The number of phenols is 1. The third-order valence-corrected chi connectivity index (χ3v) is 8.26. The van der Waals surface area contributed by atoms with Crippen molar-refractivity contribution < 1.29 is 24.3 Å². The molecule has 7 nitrogen and oxygen atoms in total. The molecule has 2 aliphatic heterocycles. The molecule has 1 saturated carbocycles. The summed E-state index contributed by atoms with van der Waals surface area (Å²) in [6.45, 7) is 11.1. The number of benzene rings is 1. The Morgan fingerprint density at radius 2 is 1.29 bits per heavy atom. The second-order valence-electron chi connectivity index (χ2n) is 12.4. The molecule has 0 aromatic heterocycles. The number of hydrogen-bond donors (Lipinski definition) is 1. The van der Waals surface area contributed by atoms with E-state index in [4.69, 9.17) is 0 Å². The Labute approximate surface area is 206 Å². The molecule has 1 aromatic carbocycles. The number of nitrogens with zero attached hydrogens (tertiary/aromatic N) is 2. The number of fused-ring (bicyclic) bond motifs is 4. The fourth-order valence-corrected chi connectivity index (χ4v) is 7.01. The molecule has 2 saturated heterocycles. The number of amides is 4. The summed E-state index contributed by atoms with van der Waals surface area (Å²) in [5, 5.41) is 10.8. The van der Waals surface area contributed by atoms with E-state index >= 15 is 0 Å². The Kier molecular flexibility index (Phi) is 5.10. The minimum Gasteiger partial charge on any atom is -0.508 e. The zero-order valence-electron chi connectivity index (χ0n) is 21.2. The van der Waals surface area contributed by atoms with Crippen LogP contribution >= 0.6 is 0 Å². The highest BCUT2D eigenvalue weighted by atomic mass is 16.3. The Balaban J connectivity index is 1.66. The van der Waals surface area contributed by atoms with Crippen molar-refractivity contribution in [1.29, 1.82) is 0 Å². The van der Waals surface area contributed by atoms with Gasteiger partial charge in [0.25, 0.3) is 0 Å². The van der Waals surface area contributed by atoms with Crippen LogP contribution < -0.4 is 0 Å². The first-order chi connectivity index (χ1) is 16.2. The lowest BCUT2D eigenvalue weighted by Gasteiger charge is -2.44. The van der Waals surface area contributed by atoms with E-state index in [1.165, 1.54) is 9.80 Å². The van der Waals surface area contributed by atoms with Crippen LogP contribution in [0.3, 0.4) is 0 Å². The van der Waals surface area contributed by atoms with Crippen LogP contribution in [0, 0.1) is 29.6 Å². The Morgan fingerprint density at radius 3 is 1.86 bits per heavy atom. The van der Waals surface area contributed by atoms with E-state index in [1.54, 1.807) is 18.2 Å². The summed E-state index contributed by atoms with van der Waals surface area (Å²) in [6, 6.07) is 6.93.